The van der Waals surface area contributed by atoms with Gasteiger partial charge in [0.15, 0.2) is 0 Å². The number of aromatic hydroxyl groups is 1. The van der Waals surface area contributed by atoms with Gasteiger partial charge in [-0.15, -0.1) is 0 Å². The number of hydrogen-bond donors (Lipinski definition) is 2. The number of benzene rings is 3. The Hall–Kier alpha value is -2.48. The van der Waals surface area contributed by atoms with Crippen LogP contribution in [0.3, 0.4) is 0 Å². The summed E-state index contributed by atoms with van der Waals surface area (Å²) in [5.74, 6) is 1.39. The molecule has 1 aliphatic carbocycles. The van der Waals surface area contributed by atoms with Crippen molar-refractivity contribution in [3.63, 3.8) is 0 Å². The molecule has 0 atom stereocenters. The van der Waals surface area contributed by atoms with Gasteiger partial charge in [0.2, 0.25) is 0 Å². The molecule has 0 heterocycles. The highest BCUT2D eigenvalue weighted by molar-refractivity contribution is 5.96. The summed E-state index contributed by atoms with van der Waals surface area (Å²) in [7, 11) is 0. The highest BCUT2D eigenvalue weighted by Crippen LogP contribution is 2.30. The summed E-state index contributed by atoms with van der Waals surface area (Å²) in [5, 5.41) is 15.2. The van der Waals surface area contributed by atoms with E-state index in [0.717, 1.165) is 28.1 Å². The highest BCUT2D eigenvalue weighted by Gasteiger charge is 2.13. The summed E-state index contributed by atoms with van der Waals surface area (Å²) in [4.78, 5) is 0. The minimum atomic E-state index is 0.270. The van der Waals surface area contributed by atoms with E-state index in [4.69, 9.17) is 0 Å². The van der Waals surface area contributed by atoms with Crippen molar-refractivity contribution >= 4 is 22.1 Å². The first kappa shape index (κ1) is 16.4. The molecule has 2 N–H and O–H groups in total. The van der Waals surface area contributed by atoms with E-state index in [1.807, 2.05) is 54.6 Å². The SMILES string of the molecule is CCC1CCC1.Oc1cc(Nc2ccccc2)c2ccccc2c1. The molecular weight excluding hydrogens is 294 g/mol. The molecule has 0 spiro atoms. The zero-order valence-electron chi connectivity index (χ0n) is 14.2. The van der Waals surface area contributed by atoms with Crippen molar-refractivity contribution in [1.82, 2.24) is 0 Å². The maximum atomic E-state index is 9.75. The lowest BCUT2D eigenvalue weighted by Crippen LogP contribution is -2.08. The topological polar surface area (TPSA) is 32.3 Å². The van der Waals surface area contributed by atoms with Gasteiger partial charge in [-0.3, -0.25) is 0 Å². The first-order valence-electron chi connectivity index (χ1n) is 8.80. The van der Waals surface area contributed by atoms with Crippen LogP contribution in [0.2, 0.25) is 0 Å². The maximum absolute atomic E-state index is 9.75. The zero-order chi connectivity index (χ0) is 16.8. The van der Waals surface area contributed by atoms with E-state index in [0.29, 0.717) is 0 Å². The molecule has 24 heavy (non-hydrogen) atoms. The van der Waals surface area contributed by atoms with Crippen LogP contribution in [0.4, 0.5) is 11.4 Å². The molecule has 0 amide bonds. The van der Waals surface area contributed by atoms with Crippen molar-refractivity contribution in [3.8, 4) is 5.75 Å². The minimum absolute atomic E-state index is 0.270. The van der Waals surface area contributed by atoms with Crippen LogP contribution in [0.1, 0.15) is 32.6 Å². The van der Waals surface area contributed by atoms with Crippen LogP contribution < -0.4 is 5.32 Å². The van der Waals surface area contributed by atoms with E-state index in [2.05, 4.69) is 12.2 Å². The number of anilines is 2. The fourth-order valence-electron chi connectivity index (χ4n) is 2.98. The van der Waals surface area contributed by atoms with Crippen LogP contribution in [0.25, 0.3) is 10.8 Å². The Balaban J connectivity index is 0.000000238. The summed E-state index contributed by atoms with van der Waals surface area (Å²) in [6, 6.07) is 21.4. The van der Waals surface area contributed by atoms with E-state index >= 15 is 0 Å². The number of phenols is 1. The molecule has 2 nitrogen and oxygen atoms in total. The quantitative estimate of drug-likeness (QED) is 0.578. The molecule has 124 valence electrons. The van der Waals surface area contributed by atoms with E-state index in [1.165, 1.54) is 25.7 Å². The van der Waals surface area contributed by atoms with Crippen LogP contribution in [-0.2, 0) is 0 Å². The molecule has 3 aromatic rings. The second kappa shape index (κ2) is 7.87. The molecule has 0 aliphatic heterocycles. The summed E-state index contributed by atoms with van der Waals surface area (Å²) in [6.07, 6.45) is 5.94. The van der Waals surface area contributed by atoms with Gasteiger partial charge in [0.05, 0.1) is 5.69 Å². The molecule has 0 radical (unpaired) electrons. The Morgan fingerprint density at radius 2 is 1.67 bits per heavy atom. The largest absolute Gasteiger partial charge is 0.508 e. The van der Waals surface area contributed by atoms with Gasteiger partial charge in [-0.1, -0.05) is 75.1 Å². The van der Waals surface area contributed by atoms with Gasteiger partial charge in [0.25, 0.3) is 0 Å². The summed E-state index contributed by atoms with van der Waals surface area (Å²) in [6.45, 7) is 2.28. The van der Waals surface area contributed by atoms with Crippen LogP contribution in [0, 0.1) is 5.92 Å². The Bertz CT molecular complexity index is 776. The van der Waals surface area contributed by atoms with Crippen LogP contribution in [0.5, 0.6) is 5.75 Å². The van der Waals surface area contributed by atoms with Crippen molar-refractivity contribution in [2.45, 2.75) is 32.6 Å². The van der Waals surface area contributed by atoms with Crippen molar-refractivity contribution in [3.05, 3.63) is 66.7 Å². The number of nitrogens with one attached hydrogen (secondary N) is 1. The van der Waals surface area contributed by atoms with E-state index in [9.17, 15) is 5.11 Å². The van der Waals surface area contributed by atoms with Crippen molar-refractivity contribution in [2.24, 2.45) is 5.92 Å². The number of para-hydroxylation sites is 1. The molecule has 3 aromatic carbocycles. The summed E-state index contributed by atoms with van der Waals surface area (Å²) < 4.78 is 0. The molecule has 1 aliphatic rings. The van der Waals surface area contributed by atoms with Gasteiger partial charge >= 0.3 is 0 Å². The van der Waals surface area contributed by atoms with E-state index in [1.54, 1.807) is 12.1 Å². The van der Waals surface area contributed by atoms with E-state index in [-0.39, 0.29) is 5.75 Å². The third-order valence-electron chi connectivity index (χ3n) is 4.70. The zero-order valence-corrected chi connectivity index (χ0v) is 14.2. The van der Waals surface area contributed by atoms with Gasteiger partial charge in [-0.05, 0) is 29.5 Å². The summed E-state index contributed by atoms with van der Waals surface area (Å²) in [5.41, 5.74) is 1.92. The Morgan fingerprint density at radius 3 is 2.29 bits per heavy atom. The normalized spacial score (nSPS) is 13.7. The Kier molecular flexibility index (Phi) is 5.37. The average Bonchev–Trinajstić information content (AvgIpc) is 2.55. The molecular formula is C22H25NO. The lowest BCUT2D eigenvalue weighted by Gasteiger charge is -2.22. The van der Waals surface area contributed by atoms with Gasteiger partial charge in [-0.2, -0.15) is 0 Å². The van der Waals surface area contributed by atoms with Crippen molar-refractivity contribution in [1.29, 1.82) is 0 Å². The lowest BCUT2D eigenvalue weighted by molar-refractivity contribution is 0.307. The molecule has 0 aromatic heterocycles. The number of rotatable bonds is 3. The second-order valence-electron chi connectivity index (χ2n) is 6.41. The number of fused-ring (bicyclic) bond motifs is 1. The van der Waals surface area contributed by atoms with Gasteiger partial charge < -0.3 is 10.4 Å². The fourth-order valence-corrected chi connectivity index (χ4v) is 2.98. The van der Waals surface area contributed by atoms with E-state index < -0.39 is 0 Å². The monoisotopic (exact) mass is 319 g/mol. The third kappa shape index (κ3) is 4.08. The predicted octanol–water partition coefficient (Wildman–Crippen LogP) is 6.49. The first-order valence-corrected chi connectivity index (χ1v) is 8.80. The van der Waals surface area contributed by atoms with Crippen molar-refractivity contribution in [2.75, 3.05) is 5.32 Å². The van der Waals surface area contributed by atoms with Crippen molar-refractivity contribution < 1.29 is 5.11 Å². The first-order chi connectivity index (χ1) is 11.8. The Labute approximate surface area is 144 Å². The lowest BCUT2D eigenvalue weighted by atomic mass is 9.84. The fraction of sp³-hybridized carbons (Fsp3) is 0.273. The average molecular weight is 319 g/mol. The molecule has 4 rings (SSSR count). The molecule has 0 bridgehead atoms. The van der Waals surface area contributed by atoms with Gasteiger partial charge in [-0.25, -0.2) is 0 Å². The van der Waals surface area contributed by atoms with Crippen LogP contribution >= 0.6 is 0 Å². The van der Waals surface area contributed by atoms with Gasteiger partial charge in [0.1, 0.15) is 5.75 Å². The van der Waals surface area contributed by atoms with Gasteiger partial charge in [0, 0.05) is 17.1 Å². The standard InChI is InChI=1S/C16H13NO.C6H12/c18-14-10-12-6-4-5-9-15(12)16(11-14)17-13-7-2-1-3-8-13;1-2-6-4-3-5-6/h1-11,17-18H;6H,2-5H2,1H3. The predicted molar refractivity (Wildman–Crippen MR) is 103 cm³/mol. The number of phenolic OH excluding ortho intramolecular Hbond substituents is 1. The van der Waals surface area contributed by atoms with Crippen LogP contribution in [-0.4, -0.2) is 5.11 Å². The highest BCUT2D eigenvalue weighted by atomic mass is 16.3. The molecule has 0 saturated heterocycles. The Morgan fingerprint density at radius 1 is 0.958 bits per heavy atom. The third-order valence-corrected chi connectivity index (χ3v) is 4.70. The van der Waals surface area contributed by atoms with Crippen LogP contribution in [0.15, 0.2) is 66.7 Å². The number of hydrogen-bond acceptors (Lipinski definition) is 2. The summed E-state index contributed by atoms with van der Waals surface area (Å²) >= 11 is 0. The smallest absolute Gasteiger partial charge is 0.118 e. The molecule has 1 fully saturated rings. The second-order valence-corrected chi connectivity index (χ2v) is 6.41. The minimum Gasteiger partial charge on any atom is -0.508 e. The molecule has 1 saturated carbocycles. The molecule has 2 heteroatoms. The molecule has 0 unspecified atom stereocenters. The maximum Gasteiger partial charge on any atom is 0.118 e.